The van der Waals surface area contributed by atoms with Crippen molar-refractivity contribution in [2.45, 2.75) is 31.1 Å². The highest BCUT2D eigenvalue weighted by atomic mass is 16.5. The number of benzene rings is 1. The van der Waals surface area contributed by atoms with Gasteiger partial charge >= 0.3 is 0 Å². The van der Waals surface area contributed by atoms with E-state index in [1.54, 1.807) is 6.07 Å². The summed E-state index contributed by atoms with van der Waals surface area (Å²) >= 11 is 0. The Hall–Kier alpha value is -3.22. The number of carbonyl (C=O) groups excluding carboxylic acids is 1. The number of hydrogen-bond acceptors (Lipinski definition) is 5. The maximum absolute atomic E-state index is 12.7. The summed E-state index contributed by atoms with van der Waals surface area (Å²) in [5.41, 5.74) is 2.79. The molecular formula is C21H20N4O3. The lowest BCUT2D eigenvalue weighted by atomic mass is 9.76. The third-order valence-electron chi connectivity index (χ3n) is 6.08. The Morgan fingerprint density at radius 1 is 1.11 bits per heavy atom. The van der Waals surface area contributed by atoms with Crippen molar-refractivity contribution in [3.63, 3.8) is 0 Å². The van der Waals surface area contributed by atoms with Gasteiger partial charge in [-0.2, -0.15) is 0 Å². The molecule has 2 aliphatic rings. The molecule has 1 fully saturated rings. The molecule has 1 amide bonds. The monoisotopic (exact) mass is 376 g/mol. The fourth-order valence-electron chi connectivity index (χ4n) is 4.49. The molecule has 1 saturated heterocycles. The number of amides is 1. The van der Waals surface area contributed by atoms with Crippen molar-refractivity contribution in [1.29, 1.82) is 0 Å². The highest BCUT2D eigenvalue weighted by molar-refractivity contribution is 5.92. The number of carbonyl (C=O) groups is 1. The van der Waals surface area contributed by atoms with Crippen LogP contribution in [0.15, 0.2) is 52.0 Å². The molecule has 2 aromatic heterocycles. The van der Waals surface area contributed by atoms with Crippen LogP contribution in [0.2, 0.25) is 0 Å². The van der Waals surface area contributed by atoms with Crippen LogP contribution in [0.25, 0.3) is 11.4 Å². The Kier molecular flexibility index (Phi) is 3.89. The summed E-state index contributed by atoms with van der Waals surface area (Å²) in [7, 11) is 0. The lowest BCUT2D eigenvalue weighted by Gasteiger charge is -2.39. The van der Waals surface area contributed by atoms with Crippen molar-refractivity contribution in [2.75, 3.05) is 13.1 Å². The van der Waals surface area contributed by atoms with E-state index in [1.807, 2.05) is 35.2 Å². The first kappa shape index (κ1) is 16.9. The maximum atomic E-state index is 12.7. The fraction of sp³-hybridized carbons (Fsp3) is 0.333. The SMILES string of the molecule is O=C(c1ccon1)N1CCC2(CCc3c2nc(-c2ccccc2)[nH]c3=O)CC1. The van der Waals surface area contributed by atoms with Crippen LogP contribution in [-0.4, -0.2) is 39.0 Å². The molecule has 1 spiro atoms. The van der Waals surface area contributed by atoms with Gasteiger partial charge in [0.15, 0.2) is 5.69 Å². The van der Waals surface area contributed by atoms with Crippen molar-refractivity contribution in [1.82, 2.24) is 20.0 Å². The van der Waals surface area contributed by atoms with Gasteiger partial charge in [0.25, 0.3) is 11.5 Å². The van der Waals surface area contributed by atoms with Crippen LogP contribution < -0.4 is 5.56 Å². The number of nitrogens with one attached hydrogen (secondary N) is 1. The van der Waals surface area contributed by atoms with Gasteiger partial charge in [0.2, 0.25) is 0 Å². The minimum atomic E-state index is -0.131. The molecular weight excluding hydrogens is 356 g/mol. The van der Waals surface area contributed by atoms with Crippen molar-refractivity contribution in [3.8, 4) is 11.4 Å². The first-order chi connectivity index (χ1) is 13.7. The zero-order valence-corrected chi connectivity index (χ0v) is 15.4. The summed E-state index contributed by atoms with van der Waals surface area (Å²) in [5, 5.41) is 3.75. The average Bonchev–Trinajstić information content (AvgIpc) is 3.38. The maximum Gasteiger partial charge on any atom is 0.276 e. The Labute approximate surface area is 161 Å². The predicted octanol–water partition coefficient (Wildman–Crippen LogP) is 2.55. The summed E-state index contributed by atoms with van der Waals surface area (Å²) in [6.07, 6.45) is 4.66. The molecule has 3 aromatic rings. The van der Waals surface area contributed by atoms with E-state index < -0.39 is 0 Å². The van der Waals surface area contributed by atoms with Crippen LogP contribution in [0.4, 0.5) is 0 Å². The molecule has 142 valence electrons. The van der Waals surface area contributed by atoms with Crippen molar-refractivity contribution < 1.29 is 9.32 Å². The van der Waals surface area contributed by atoms with Crippen molar-refractivity contribution in [3.05, 3.63) is 70.0 Å². The predicted molar refractivity (Wildman–Crippen MR) is 102 cm³/mol. The van der Waals surface area contributed by atoms with Crippen LogP contribution in [0.5, 0.6) is 0 Å². The summed E-state index contributed by atoms with van der Waals surface area (Å²) in [6.45, 7) is 1.25. The van der Waals surface area contributed by atoms with Crippen molar-refractivity contribution in [2.24, 2.45) is 0 Å². The number of likely N-dealkylation sites (tertiary alicyclic amines) is 1. The normalized spacial score (nSPS) is 17.6. The van der Waals surface area contributed by atoms with Crippen LogP contribution in [0.1, 0.15) is 41.0 Å². The molecule has 0 unspecified atom stereocenters. The van der Waals surface area contributed by atoms with E-state index in [9.17, 15) is 9.59 Å². The molecule has 0 saturated carbocycles. The number of rotatable bonds is 2. The molecule has 0 radical (unpaired) electrons. The highest BCUT2D eigenvalue weighted by Gasteiger charge is 2.44. The first-order valence-electron chi connectivity index (χ1n) is 9.55. The zero-order valence-electron chi connectivity index (χ0n) is 15.4. The molecule has 0 bridgehead atoms. The van der Waals surface area contributed by atoms with Crippen LogP contribution in [0, 0.1) is 0 Å². The lowest BCUT2D eigenvalue weighted by Crippen LogP contribution is -2.45. The Morgan fingerprint density at radius 3 is 2.61 bits per heavy atom. The van der Waals surface area contributed by atoms with Gasteiger partial charge in [0.05, 0.1) is 5.69 Å². The lowest BCUT2D eigenvalue weighted by molar-refractivity contribution is 0.0653. The van der Waals surface area contributed by atoms with E-state index in [4.69, 9.17) is 9.51 Å². The van der Waals surface area contributed by atoms with Gasteiger partial charge in [-0.05, 0) is 25.7 Å². The summed E-state index contributed by atoms with van der Waals surface area (Å²) in [6, 6.07) is 11.3. The third-order valence-corrected chi connectivity index (χ3v) is 6.08. The number of fused-ring (bicyclic) bond motifs is 2. The molecule has 0 atom stereocenters. The van der Waals surface area contributed by atoms with E-state index in [0.29, 0.717) is 24.6 Å². The Balaban J connectivity index is 1.44. The standard InChI is InChI=1S/C21H20N4O3/c26-19-15-6-8-21(17(15)22-18(23-19)14-4-2-1-3-5-14)9-11-25(12-10-21)20(27)16-7-13-28-24-16/h1-5,7,13H,6,8-12H2,(H,22,23,26). The third kappa shape index (κ3) is 2.66. The number of hydrogen-bond donors (Lipinski definition) is 1. The minimum Gasteiger partial charge on any atom is -0.364 e. The Morgan fingerprint density at radius 2 is 1.89 bits per heavy atom. The van der Waals surface area contributed by atoms with Gasteiger partial charge in [-0.3, -0.25) is 9.59 Å². The second kappa shape index (κ2) is 6.44. The van der Waals surface area contributed by atoms with E-state index in [0.717, 1.165) is 42.5 Å². The molecule has 7 nitrogen and oxygen atoms in total. The minimum absolute atomic E-state index is 0.0400. The molecule has 3 heterocycles. The number of aromatic amines is 1. The van der Waals surface area contributed by atoms with Gasteiger partial charge in [-0.15, -0.1) is 0 Å². The largest absolute Gasteiger partial charge is 0.364 e. The van der Waals surface area contributed by atoms with Crippen LogP contribution in [0.3, 0.4) is 0 Å². The topological polar surface area (TPSA) is 92.1 Å². The second-order valence-electron chi connectivity index (χ2n) is 7.56. The fourth-order valence-corrected chi connectivity index (χ4v) is 4.49. The number of aromatic nitrogens is 3. The van der Waals surface area contributed by atoms with E-state index in [2.05, 4.69) is 10.1 Å². The van der Waals surface area contributed by atoms with Crippen molar-refractivity contribution >= 4 is 5.91 Å². The van der Waals surface area contributed by atoms with Gasteiger partial charge < -0.3 is 14.4 Å². The molecule has 1 aliphatic carbocycles. The quantitative estimate of drug-likeness (QED) is 0.742. The Bertz CT molecular complexity index is 1060. The van der Waals surface area contributed by atoms with Gasteiger partial charge in [0.1, 0.15) is 12.1 Å². The first-order valence-corrected chi connectivity index (χ1v) is 9.55. The second-order valence-corrected chi connectivity index (χ2v) is 7.56. The summed E-state index contributed by atoms with van der Waals surface area (Å²) in [5.74, 6) is 0.511. The van der Waals surface area contributed by atoms with Crippen LogP contribution >= 0.6 is 0 Å². The van der Waals surface area contributed by atoms with E-state index in [-0.39, 0.29) is 16.9 Å². The van der Waals surface area contributed by atoms with Gasteiger partial charge in [-0.1, -0.05) is 35.5 Å². The highest BCUT2D eigenvalue weighted by Crippen LogP contribution is 2.44. The summed E-state index contributed by atoms with van der Waals surface area (Å²) < 4.78 is 4.79. The van der Waals surface area contributed by atoms with Crippen LogP contribution in [-0.2, 0) is 11.8 Å². The molecule has 1 aliphatic heterocycles. The number of H-pyrrole nitrogens is 1. The summed E-state index contributed by atoms with van der Waals surface area (Å²) in [4.78, 5) is 34.9. The average molecular weight is 376 g/mol. The molecule has 7 heteroatoms. The molecule has 5 rings (SSSR count). The molecule has 1 N–H and O–H groups in total. The number of piperidine rings is 1. The number of nitrogens with zero attached hydrogens (tertiary/aromatic N) is 3. The van der Waals surface area contributed by atoms with E-state index in [1.165, 1.54) is 6.26 Å². The smallest absolute Gasteiger partial charge is 0.276 e. The zero-order chi connectivity index (χ0) is 19.1. The van der Waals surface area contributed by atoms with Gasteiger partial charge in [0, 0.05) is 35.7 Å². The van der Waals surface area contributed by atoms with Gasteiger partial charge in [-0.25, -0.2) is 4.98 Å². The molecule has 28 heavy (non-hydrogen) atoms. The van der Waals surface area contributed by atoms with E-state index >= 15 is 0 Å². The molecule has 1 aromatic carbocycles.